The van der Waals surface area contributed by atoms with Gasteiger partial charge in [-0.1, -0.05) is 18.2 Å². The smallest absolute Gasteiger partial charge is 0.237 e. The van der Waals surface area contributed by atoms with Crippen molar-refractivity contribution in [1.29, 1.82) is 0 Å². The number of thioether (sulfide) groups is 1. The van der Waals surface area contributed by atoms with Crippen molar-refractivity contribution in [2.75, 3.05) is 26.2 Å². The van der Waals surface area contributed by atoms with E-state index in [1.807, 2.05) is 11.5 Å². The van der Waals surface area contributed by atoms with E-state index in [4.69, 9.17) is 4.74 Å². The number of carbonyl (C=O) groups excluding carboxylic acids is 2. The number of hydrogen-bond acceptors (Lipinski definition) is 6. The normalized spacial score (nSPS) is 31.2. The molecule has 7 nitrogen and oxygen atoms in total. The third kappa shape index (κ3) is 4.44. The molecule has 172 valence electrons. The Morgan fingerprint density at radius 2 is 2.06 bits per heavy atom. The van der Waals surface area contributed by atoms with Crippen LogP contribution in [0.3, 0.4) is 0 Å². The van der Waals surface area contributed by atoms with Gasteiger partial charge in [0.2, 0.25) is 11.8 Å². The number of fused-ring (bicyclic) bond motifs is 1. The van der Waals surface area contributed by atoms with Gasteiger partial charge in [0.05, 0.1) is 12.1 Å². The van der Waals surface area contributed by atoms with Gasteiger partial charge in [0.1, 0.15) is 17.4 Å². The summed E-state index contributed by atoms with van der Waals surface area (Å²) in [6.07, 6.45) is 3.38. The Hall–Kier alpha value is -1.94. The lowest BCUT2D eigenvalue weighted by Gasteiger charge is -2.43. The molecule has 0 aliphatic carbocycles. The van der Waals surface area contributed by atoms with Gasteiger partial charge < -0.3 is 15.4 Å². The molecule has 3 saturated heterocycles. The van der Waals surface area contributed by atoms with Crippen molar-refractivity contribution in [2.24, 2.45) is 5.92 Å². The van der Waals surface area contributed by atoms with Crippen molar-refractivity contribution >= 4 is 29.1 Å². The minimum atomic E-state index is -0.325. The second-order valence-electron chi connectivity index (χ2n) is 8.86. The van der Waals surface area contributed by atoms with Crippen molar-refractivity contribution in [3.05, 3.63) is 41.1 Å². The SMILES string of the molecule is O=C(NCC1CCCO1)C1CCN(C2NC(=O)C3SC=C(c4ccccc4F)C3N2)CC1. The summed E-state index contributed by atoms with van der Waals surface area (Å²) in [5.41, 5.74) is 1.36. The molecule has 3 N–H and O–H groups in total. The fourth-order valence-electron chi connectivity index (χ4n) is 4.99. The van der Waals surface area contributed by atoms with Crippen molar-refractivity contribution in [3.8, 4) is 0 Å². The molecule has 1 aromatic rings. The summed E-state index contributed by atoms with van der Waals surface area (Å²) in [4.78, 5) is 27.5. The monoisotopic (exact) mass is 460 g/mol. The molecule has 4 aliphatic heterocycles. The molecule has 32 heavy (non-hydrogen) atoms. The highest BCUT2D eigenvalue weighted by molar-refractivity contribution is 8.04. The third-order valence-corrected chi connectivity index (χ3v) is 8.00. The van der Waals surface area contributed by atoms with Crippen LogP contribution in [-0.4, -0.2) is 66.6 Å². The van der Waals surface area contributed by atoms with E-state index in [0.717, 1.165) is 37.9 Å². The van der Waals surface area contributed by atoms with Gasteiger partial charge in [0.25, 0.3) is 0 Å². The molecule has 0 aromatic heterocycles. The number of carbonyl (C=O) groups is 2. The molecule has 4 aliphatic rings. The van der Waals surface area contributed by atoms with Gasteiger partial charge in [-0.3, -0.25) is 19.8 Å². The molecule has 4 atom stereocenters. The number of nitrogens with zero attached hydrogens (tertiary/aromatic N) is 1. The highest BCUT2D eigenvalue weighted by Gasteiger charge is 2.44. The summed E-state index contributed by atoms with van der Waals surface area (Å²) in [6.45, 7) is 2.79. The van der Waals surface area contributed by atoms with Crippen LogP contribution in [0.1, 0.15) is 31.2 Å². The molecule has 1 aromatic carbocycles. The highest BCUT2D eigenvalue weighted by Crippen LogP contribution is 2.39. The zero-order valence-corrected chi connectivity index (χ0v) is 18.7. The average Bonchev–Trinajstić information content (AvgIpc) is 3.48. The second-order valence-corrected chi connectivity index (χ2v) is 9.87. The largest absolute Gasteiger partial charge is 0.376 e. The lowest BCUT2D eigenvalue weighted by atomic mass is 9.94. The zero-order chi connectivity index (χ0) is 22.1. The van der Waals surface area contributed by atoms with Crippen LogP contribution in [0.15, 0.2) is 29.7 Å². The Labute approximate surface area is 191 Å². The molecule has 0 bridgehead atoms. The van der Waals surface area contributed by atoms with Crippen molar-refractivity contribution in [2.45, 2.75) is 49.4 Å². The summed E-state index contributed by atoms with van der Waals surface area (Å²) in [6, 6.07) is 6.44. The molecule has 3 fully saturated rings. The molecule has 0 radical (unpaired) electrons. The molecule has 4 unspecified atom stereocenters. The number of amides is 2. The van der Waals surface area contributed by atoms with E-state index in [-0.39, 0.29) is 47.2 Å². The lowest BCUT2D eigenvalue weighted by Crippen LogP contribution is -2.68. The van der Waals surface area contributed by atoms with Crippen LogP contribution >= 0.6 is 11.8 Å². The number of benzene rings is 1. The van der Waals surface area contributed by atoms with Gasteiger partial charge in [0.15, 0.2) is 0 Å². The van der Waals surface area contributed by atoms with E-state index in [1.165, 1.54) is 17.8 Å². The Balaban J connectivity index is 1.17. The van der Waals surface area contributed by atoms with Gasteiger partial charge in [-0.15, -0.1) is 11.8 Å². The highest BCUT2D eigenvalue weighted by atomic mass is 32.2. The van der Waals surface area contributed by atoms with Crippen molar-refractivity contribution in [1.82, 2.24) is 20.9 Å². The maximum Gasteiger partial charge on any atom is 0.237 e. The predicted octanol–water partition coefficient (Wildman–Crippen LogP) is 1.66. The van der Waals surface area contributed by atoms with Crippen molar-refractivity contribution in [3.63, 3.8) is 0 Å². The summed E-state index contributed by atoms with van der Waals surface area (Å²) in [5, 5.41) is 11.2. The Kier molecular flexibility index (Phi) is 6.50. The molecule has 5 rings (SSSR count). The molecule has 0 saturated carbocycles. The van der Waals surface area contributed by atoms with Gasteiger partial charge in [0, 0.05) is 37.7 Å². The van der Waals surface area contributed by atoms with Gasteiger partial charge in [-0.05, 0) is 42.7 Å². The van der Waals surface area contributed by atoms with Crippen molar-refractivity contribution < 1.29 is 18.7 Å². The van der Waals surface area contributed by atoms with Crippen LogP contribution in [0.4, 0.5) is 4.39 Å². The maximum atomic E-state index is 14.4. The van der Waals surface area contributed by atoms with Gasteiger partial charge in [-0.25, -0.2) is 4.39 Å². The van der Waals surface area contributed by atoms with Crippen LogP contribution in [0.5, 0.6) is 0 Å². The lowest BCUT2D eigenvalue weighted by molar-refractivity contribution is -0.129. The standard InChI is InChI=1S/C23H29FN4O3S/c24-18-6-2-1-5-16(18)17-13-32-20-19(17)26-23(27-22(20)30)28-9-7-14(8-10-28)21(29)25-12-15-4-3-11-31-15/h1-2,5-6,13-15,19-20,23,26H,3-4,7-12H2,(H,25,29)(H,27,30). The zero-order valence-electron chi connectivity index (χ0n) is 17.9. The van der Waals surface area contributed by atoms with Gasteiger partial charge in [-0.2, -0.15) is 0 Å². The van der Waals surface area contributed by atoms with E-state index in [0.29, 0.717) is 25.2 Å². The number of rotatable bonds is 5. The molecule has 2 amide bonds. The van der Waals surface area contributed by atoms with Crippen LogP contribution in [0, 0.1) is 11.7 Å². The number of likely N-dealkylation sites (tertiary alicyclic amines) is 1. The number of piperidine rings is 1. The van der Waals surface area contributed by atoms with Gasteiger partial charge >= 0.3 is 0 Å². The van der Waals surface area contributed by atoms with E-state index in [1.54, 1.807) is 12.1 Å². The fourth-order valence-corrected chi connectivity index (χ4v) is 6.13. The average molecular weight is 461 g/mol. The number of hydrogen-bond donors (Lipinski definition) is 3. The Morgan fingerprint density at radius 1 is 1.25 bits per heavy atom. The first-order valence-corrected chi connectivity index (χ1v) is 12.3. The fraction of sp³-hybridized carbons (Fsp3) is 0.565. The summed E-state index contributed by atoms with van der Waals surface area (Å²) < 4.78 is 20.0. The number of halogens is 1. The predicted molar refractivity (Wildman–Crippen MR) is 121 cm³/mol. The first-order chi connectivity index (χ1) is 15.6. The first kappa shape index (κ1) is 21.9. The molecule has 4 heterocycles. The Bertz CT molecular complexity index is 899. The molecular weight excluding hydrogens is 431 g/mol. The molecular formula is C23H29FN4O3S. The van der Waals surface area contributed by atoms with E-state index < -0.39 is 0 Å². The quantitative estimate of drug-likeness (QED) is 0.620. The topological polar surface area (TPSA) is 82.7 Å². The van der Waals surface area contributed by atoms with Crippen LogP contribution in [-0.2, 0) is 14.3 Å². The second kappa shape index (κ2) is 9.51. The Morgan fingerprint density at radius 3 is 2.81 bits per heavy atom. The summed E-state index contributed by atoms with van der Waals surface area (Å²) >= 11 is 1.43. The minimum Gasteiger partial charge on any atom is -0.376 e. The van der Waals surface area contributed by atoms with Crippen LogP contribution in [0.25, 0.3) is 5.57 Å². The van der Waals surface area contributed by atoms with E-state index >= 15 is 0 Å². The summed E-state index contributed by atoms with van der Waals surface area (Å²) in [7, 11) is 0. The van der Waals surface area contributed by atoms with E-state index in [2.05, 4.69) is 20.9 Å². The van der Waals surface area contributed by atoms with E-state index in [9.17, 15) is 14.0 Å². The summed E-state index contributed by atoms with van der Waals surface area (Å²) in [5.74, 6) is -0.240. The minimum absolute atomic E-state index is 0.0180. The number of nitrogens with one attached hydrogen (secondary N) is 3. The third-order valence-electron chi connectivity index (χ3n) is 6.83. The molecule has 9 heteroatoms. The first-order valence-electron chi connectivity index (χ1n) is 11.4. The molecule has 0 spiro atoms. The maximum absolute atomic E-state index is 14.4. The number of ether oxygens (including phenoxy) is 1. The van der Waals surface area contributed by atoms with Crippen LogP contribution < -0.4 is 16.0 Å². The van der Waals surface area contributed by atoms with Crippen LogP contribution in [0.2, 0.25) is 0 Å².